The van der Waals surface area contributed by atoms with Crippen molar-refractivity contribution >= 4 is 17.6 Å². The molecule has 0 amide bonds. The Kier molecular flexibility index (Phi) is 6.73. The first-order valence-electron chi connectivity index (χ1n) is 9.57. The Balaban J connectivity index is 1.36. The van der Waals surface area contributed by atoms with Gasteiger partial charge in [0.1, 0.15) is 5.75 Å². The molecule has 2 aliphatic rings. The van der Waals surface area contributed by atoms with Crippen molar-refractivity contribution in [2.24, 2.45) is 11.8 Å². The zero-order valence-corrected chi connectivity index (χ0v) is 15.9. The third-order valence-electron chi connectivity index (χ3n) is 4.93. The van der Waals surface area contributed by atoms with Gasteiger partial charge in [-0.3, -0.25) is 4.72 Å². The van der Waals surface area contributed by atoms with Gasteiger partial charge in [-0.05, 0) is 62.5 Å². The highest BCUT2D eigenvalue weighted by Crippen LogP contribution is 2.30. The van der Waals surface area contributed by atoms with E-state index >= 15 is 0 Å². The molecule has 0 aliphatic heterocycles. The molecule has 0 atom stereocenters. The van der Waals surface area contributed by atoms with Crippen LogP contribution in [0.1, 0.15) is 52.4 Å². The zero-order chi connectivity index (χ0) is 16.8. The number of nitrogens with one attached hydrogen (secondary N) is 2. The second kappa shape index (κ2) is 9.00. The van der Waals surface area contributed by atoms with Crippen LogP contribution in [0.2, 0.25) is 0 Å². The first-order valence-corrected chi connectivity index (χ1v) is 10.4. The van der Waals surface area contributed by atoms with Gasteiger partial charge in [-0.25, -0.2) is 0 Å². The van der Waals surface area contributed by atoms with Crippen LogP contribution in [0.15, 0.2) is 24.3 Å². The lowest BCUT2D eigenvalue weighted by Gasteiger charge is -2.29. The Bertz CT molecular complexity index is 496. The van der Waals surface area contributed by atoms with Crippen LogP contribution >= 0.6 is 11.9 Å². The average Bonchev–Trinajstić information content (AvgIpc) is 3.42. The average molecular weight is 349 g/mol. The van der Waals surface area contributed by atoms with Crippen molar-refractivity contribution in [1.29, 1.82) is 0 Å². The van der Waals surface area contributed by atoms with E-state index in [4.69, 9.17) is 4.74 Å². The summed E-state index contributed by atoms with van der Waals surface area (Å²) >= 11 is 1.88. The normalized spacial score (nSPS) is 24.1. The van der Waals surface area contributed by atoms with Crippen molar-refractivity contribution in [2.45, 2.75) is 63.7 Å². The van der Waals surface area contributed by atoms with Gasteiger partial charge in [0.05, 0.1) is 6.61 Å². The van der Waals surface area contributed by atoms with E-state index in [9.17, 15) is 0 Å². The second-order valence-corrected chi connectivity index (χ2v) is 9.08. The fourth-order valence-electron chi connectivity index (χ4n) is 3.17. The minimum atomic E-state index is 0.666. The Morgan fingerprint density at radius 3 is 2.54 bits per heavy atom. The maximum atomic E-state index is 5.87. The predicted octanol–water partition coefficient (Wildman–Crippen LogP) is 5.09. The molecular formula is C20H32N2OS. The summed E-state index contributed by atoms with van der Waals surface area (Å²) in [4.78, 5) is 0. The molecule has 134 valence electrons. The molecule has 3 nitrogen and oxygen atoms in total. The minimum absolute atomic E-state index is 0.666. The van der Waals surface area contributed by atoms with Gasteiger partial charge in [-0.15, -0.1) is 0 Å². The van der Waals surface area contributed by atoms with Gasteiger partial charge in [-0.2, -0.15) is 0 Å². The minimum Gasteiger partial charge on any atom is -0.493 e. The standard InChI is InChI=1S/C20H32N2OS/c1-15(2)24-22-18-10-8-16(9-11-18)13-21-19-4-3-5-20(12-19)23-14-17-6-7-17/h3-5,12,15-18,21-22H,6-11,13-14H2,1-2H3/t16-,18-. The summed E-state index contributed by atoms with van der Waals surface area (Å²) in [5, 5.41) is 4.28. The molecule has 0 radical (unpaired) electrons. The lowest BCUT2D eigenvalue weighted by Crippen LogP contribution is -2.31. The van der Waals surface area contributed by atoms with Gasteiger partial charge in [-0.1, -0.05) is 31.9 Å². The number of benzene rings is 1. The van der Waals surface area contributed by atoms with Crippen molar-refractivity contribution in [2.75, 3.05) is 18.5 Å². The van der Waals surface area contributed by atoms with Crippen LogP contribution < -0.4 is 14.8 Å². The maximum Gasteiger partial charge on any atom is 0.121 e. The SMILES string of the molecule is CC(C)SN[C@H]1CC[C@H](CNc2cccc(OCC3CC3)c2)CC1. The van der Waals surface area contributed by atoms with E-state index in [1.807, 2.05) is 11.9 Å². The molecule has 2 N–H and O–H groups in total. The van der Waals surface area contributed by atoms with E-state index in [0.717, 1.165) is 30.7 Å². The summed E-state index contributed by atoms with van der Waals surface area (Å²) < 4.78 is 9.50. The molecule has 3 rings (SSSR count). The summed E-state index contributed by atoms with van der Waals surface area (Å²) in [6, 6.07) is 9.16. The van der Waals surface area contributed by atoms with Gasteiger partial charge in [0.2, 0.25) is 0 Å². The highest BCUT2D eigenvalue weighted by atomic mass is 32.2. The molecule has 4 heteroatoms. The molecule has 2 fully saturated rings. The topological polar surface area (TPSA) is 33.3 Å². The van der Waals surface area contributed by atoms with Gasteiger partial charge in [0, 0.05) is 29.6 Å². The van der Waals surface area contributed by atoms with Crippen LogP contribution in [-0.4, -0.2) is 24.4 Å². The van der Waals surface area contributed by atoms with Gasteiger partial charge in [0.15, 0.2) is 0 Å². The summed E-state index contributed by atoms with van der Waals surface area (Å²) in [7, 11) is 0. The van der Waals surface area contributed by atoms with Crippen molar-refractivity contribution < 1.29 is 4.74 Å². The molecular weight excluding hydrogens is 316 g/mol. The Morgan fingerprint density at radius 1 is 1.08 bits per heavy atom. The molecule has 1 aromatic rings. The number of rotatable bonds is 9. The summed E-state index contributed by atoms with van der Waals surface area (Å²) in [6.45, 7) is 6.45. The molecule has 1 aromatic carbocycles. The smallest absolute Gasteiger partial charge is 0.121 e. The fourth-order valence-corrected chi connectivity index (χ4v) is 3.87. The summed E-state index contributed by atoms with van der Waals surface area (Å²) in [5.41, 5.74) is 1.19. The van der Waals surface area contributed by atoms with Crippen molar-refractivity contribution in [3.63, 3.8) is 0 Å². The lowest BCUT2D eigenvalue weighted by atomic mass is 9.86. The lowest BCUT2D eigenvalue weighted by molar-refractivity contribution is 0.300. The van der Waals surface area contributed by atoms with Crippen LogP contribution in [0.3, 0.4) is 0 Å². The van der Waals surface area contributed by atoms with E-state index < -0.39 is 0 Å². The molecule has 0 bridgehead atoms. The van der Waals surface area contributed by atoms with E-state index in [-0.39, 0.29) is 0 Å². The number of ether oxygens (including phenoxy) is 1. The van der Waals surface area contributed by atoms with Crippen LogP contribution in [0, 0.1) is 11.8 Å². The Hall–Kier alpha value is -0.870. The number of hydrogen-bond acceptors (Lipinski definition) is 4. The fraction of sp³-hybridized carbons (Fsp3) is 0.700. The molecule has 2 saturated carbocycles. The van der Waals surface area contributed by atoms with E-state index in [0.29, 0.717) is 11.3 Å². The third-order valence-corrected chi connectivity index (χ3v) is 5.87. The van der Waals surface area contributed by atoms with Crippen molar-refractivity contribution in [3.05, 3.63) is 24.3 Å². The first kappa shape index (κ1) is 17.9. The first-order chi connectivity index (χ1) is 11.7. The maximum absolute atomic E-state index is 5.87. The van der Waals surface area contributed by atoms with Crippen LogP contribution in [-0.2, 0) is 0 Å². The van der Waals surface area contributed by atoms with Gasteiger partial charge < -0.3 is 10.1 Å². The Labute approximate surface area is 151 Å². The highest BCUT2D eigenvalue weighted by molar-refractivity contribution is 7.98. The van der Waals surface area contributed by atoms with Gasteiger partial charge >= 0.3 is 0 Å². The Morgan fingerprint density at radius 2 is 1.83 bits per heavy atom. The van der Waals surface area contributed by atoms with E-state index in [1.54, 1.807) is 0 Å². The number of hydrogen-bond donors (Lipinski definition) is 2. The van der Waals surface area contributed by atoms with Crippen LogP contribution in [0.4, 0.5) is 5.69 Å². The molecule has 0 spiro atoms. The third kappa shape index (κ3) is 6.21. The molecule has 24 heavy (non-hydrogen) atoms. The predicted molar refractivity (Wildman–Crippen MR) is 105 cm³/mol. The molecule has 2 aliphatic carbocycles. The van der Waals surface area contributed by atoms with Gasteiger partial charge in [0.25, 0.3) is 0 Å². The largest absolute Gasteiger partial charge is 0.493 e. The molecule has 0 aromatic heterocycles. The van der Waals surface area contributed by atoms with Crippen LogP contribution in [0.5, 0.6) is 5.75 Å². The molecule has 0 saturated heterocycles. The second-order valence-electron chi connectivity index (χ2n) is 7.67. The summed E-state index contributed by atoms with van der Waals surface area (Å²) in [6.07, 6.45) is 7.92. The van der Waals surface area contributed by atoms with E-state index in [2.05, 4.69) is 48.2 Å². The monoisotopic (exact) mass is 348 g/mol. The van der Waals surface area contributed by atoms with E-state index in [1.165, 1.54) is 44.2 Å². The van der Waals surface area contributed by atoms with Crippen molar-refractivity contribution in [1.82, 2.24) is 4.72 Å². The zero-order valence-electron chi connectivity index (χ0n) is 15.1. The van der Waals surface area contributed by atoms with Crippen molar-refractivity contribution in [3.8, 4) is 5.75 Å². The quantitative estimate of drug-likeness (QED) is 0.609. The van der Waals surface area contributed by atoms with Crippen LogP contribution in [0.25, 0.3) is 0 Å². The highest BCUT2D eigenvalue weighted by Gasteiger charge is 2.22. The molecule has 0 heterocycles. The molecule has 0 unspecified atom stereocenters. The summed E-state index contributed by atoms with van der Waals surface area (Å²) in [5.74, 6) is 2.60. The number of anilines is 1.